The Morgan fingerprint density at radius 1 is 1.10 bits per heavy atom. The molecule has 0 aliphatic rings. The van der Waals surface area contributed by atoms with Crippen LogP contribution in [0, 0.1) is 6.92 Å². The van der Waals surface area contributed by atoms with Crippen molar-refractivity contribution in [1.29, 1.82) is 0 Å². The summed E-state index contributed by atoms with van der Waals surface area (Å²) in [4.78, 5) is 0.937. The van der Waals surface area contributed by atoms with E-state index in [0.29, 0.717) is 17.2 Å². The van der Waals surface area contributed by atoms with Crippen molar-refractivity contribution in [3.8, 4) is 11.5 Å². The van der Waals surface area contributed by atoms with Gasteiger partial charge in [-0.15, -0.1) is 11.3 Å². The molecule has 1 N–H and O–H groups in total. The fourth-order valence-electron chi connectivity index (χ4n) is 1.63. The number of rotatable bonds is 5. The minimum atomic E-state index is -3.60. The molecule has 0 fully saturated rings. The third-order valence-corrected chi connectivity index (χ3v) is 5.49. The van der Waals surface area contributed by atoms with Gasteiger partial charge in [0.15, 0.2) is 0 Å². The molecule has 108 valence electrons. The molecule has 2 rings (SSSR count). The van der Waals surface area contributed by atoms with Crippen LogP contribution in [0.4, 0.5) is 5.69 Å². The van der Waals surface area contributed by atoms with Crippen molar-refractivity contribution in [2.24, 2.45) is 0 Å². The van der Waals surface area contributed by atoms with Crippen LogP contribution in [0.15, 0.2) is 34.5 Å². The van der Waals surface area contributed by atoms with Crippen molar-refractivity contribution in [3.63, 3.8) is 0 Å². The lowest BCUT2D eigenvalue weighted by Gasteiger charge is -2.12. The van der Waals surface area contributed by atoms with E-state index in [-0.39, 0.29) is 4.21 Å². The van der Waals surface area contributed by atoms with Gasteiger partial charge in [0, 0.05) is 10.9 Å². The van der Waals surface area contributed by atoms with Crippen LogP contribution in [0.1, 0.15) is 4.88 Å². The van der Waals surface area contributed by atoms with Crippen molar-refractivity contribution in [2.45, 2.75) is 11.1 Å². The predicted molar refractivity (Wildman–Crippen MR) is 79.4 cm³/mol. The number of thiophene rings is 1. The highest BCUT2D eigenvalue weighted by atomic mass is 32.2. The Bertz CT molecular complexity index is 707. The van der Waals surface area contributed by atoms with Crippen LogP contribution in [0.3, 0.4) is 0 Å². The zero-order valence-electron chi connectivity index (χ0n) is 11.3. The zero-order chi connectivity index (χ0) is 14.8. The van der Waals surface area contributed by atoms with Gasteiger partial charge in [0.25, 0.3) is 10.0 Å². The first-order valence-corrected chi connectivity index (χ1v) is 8.07. The van der Waals surface area contributed by atoms with E-state index >= 15 is 0 Å². The summed E-state index contributed by atoms with van der Waals surface area (Å²) in [6, 6.07) is 8.25. The molecule has 0 spiro atoms. The molecule has 0 aliphatic carbocycles. The second kappa shape index (κ2) is 5.72. The van der Waals surface area contributed by atoms with Crippen LogP contribution in [-0.2, 0) is 10.0 Å². The second-order valence-electron chi connectivity index (χ2n) is 4.04. The monoisotopic (exact) mass is 313 g/mol. The largest absolute Gasteiger partial charge is 0.497 e. The average Bonchev–Trinajstić information content (AvgIpc) is 2.86. The standard InChI is InChI=1S/C13H15NO4S2/c1-9-4-7-13(19-9)20(15,16)14-11-6-5-10(17-2)8-12(11)18-3/h4-8,14H,1-3H3. The summed E-state index contributed by atoms with van der Waals surface area (Å²) < 4.78 is 37.5. The third-order valence-electron chi connectivity index (χ3n) is 2.63. The SMILES string of the molecule is COc1ccc(NS(=O)(=O)c2ccc(C)s2)c(OC)c1. The van der Waals surface area contributed by atoms with Gasteiger partial charge >= 0.3 is 0 Å². The first kappa shape index (κ1) is 14.7. The van der Waals surface area contributed by atoms with E-state index in [1.807, 2.05) is 6.92 Å². The Morgan fingerprint density at radius 2 is 1.85 bits per heavy atom. The van der Waals surface area contributed by atoms with Crippen molar-refractivity contribution in [3.05, 3.63) is 35.2 Å². The summed E-state index contributed by atoms with van der Waals surface area (Å²) in [5.74, 6) is 0.998. The van der Waals surface area contributed by atoms with Crippen LogP contribution >= 0.6 is 11.3 Å². The van der Waals surface area contributed by atoms with Gasteiger partial charge in [0.1, 0.15) is 15.7 Å². The Balaban J connectivity index is 2.34. The van der Waals surface area contributed by atoms with Crippen LogP contribution < -0.4 is 14.2 Å². The molecule has 0 amide bonds. The normalized spacial score (nSPS) is 11.2. The quantitative estimate of drug-likeness (QED) is 0.922. The van der Waals surface area contributed by atoms with Gasteiger partial charge in [-0.05, 0) is 31.2 Å². The Hall–Kier alpha value is -1.73. The molecular formula is C13H15NO4S2. The van der Waals surface area contributed by atoms with Gasteiger partial charge in [-0.25, -0.2) is 8.42 Å². The molecule has 20 heavy (non-hydrogen) atoms. The van der Waals surface area contributed by atoms with Gasteiger partial charge in [0.2, 0.25) is 0 Å². The molecule has 1 heterocycles. The second-order valence-corrected chi connectivity index (χ2v) is 7.23. The van der Waals surface area contributed by atoms with Gasteiger partial charge in [-0.3, -0.25) is 4.72 Å². The highest BCUT2D eigenvalue weighted by Gasteiger charge is 2.18. The third kappa shape index (κ3) is 3.05. The Morgan fingerprint density at radius 3 is 2.40 bits per heavy atom. The summed E-state index contributed by atoms with van der Waals surface area (Å²) in [7, 11) is -0.588. The number of anilines is 1. The molecule has 0 unspecified atom stereocenters. The summed E-state index contributed by atoms with van der Waals surface area (Å²) in [6.07, 6.45) is 0. The molecule has 0 atom stereocenters. The Kier molecular flexibility index (Phi) is 4.20. The van der Waals surface area contributed by atoms with E-state index in [2.05, 4.69) is 4.72 Å². The van der Waals surface area contributed by atoms with E-state index in [1.165, 1.54) is 25.6 Å². The van der Waals surface area contributed by atoms with Crippen LogP contribution in [0.2, 0.25) is 0 Å². The molecule has 2 aromatic rings. The van der Waals surface area contributed by atoms with E-state index in [4.69, 9.17) is 9.47 Å². The molecule has 7 heteroatoms. The maximum absolute atomic E-state index is 12.3. The molecule has 0 bridgehead atoms. The van der Waals surface area contributed by atoms with Crippen LogP contribution in [0.5, 0.6) is 11.5 Å². The first-order chi connectivity index (χ1) is 9.46. The number of nitrogens with one attached hydrogen (secondary N) is 1. The van der Waals surface area contributed by atoms with Gasteiger partial charge in [0.05, 0.1) is 19.9 Å². The number of aryl methyl sites for hydroxylation is 1. The van der Waals surface area contributed by atoms with E-state index in [1.54, 1.807) is 30.3 Å². The number of methoxy groups -OCH3 is 2. The smallest absolute Gasteiger partial charge is 0.271 e. The lowest BCUT2D eigenvalue weighted by atomic mass is 10.3. The van der Waals surface area contributed by atoms with Crippen molar-refractivity contribution < 1.29 is 17.9 Å². The van der Waals surface area contributed by atoms with E-state index < -0.39 is 10.0 Å². The van der Waals surface area contributed by atoms with Crippen LogP contribution in [-0.4, -0.2) is 22.6 Å². The minimum absolute atomic E-state index is 0.271. The van der Waals surface area contributed by atoms with E-state index in [9.17, 15) is 8.42 Å². The topological polar surface area (TPSA) is 64.6 Å². The average molecular weight is 313 g/mol. The number of benzene rings is 1. The summed E-state index contributed by atoms with van der Waals surface area (Å²) in [5, 5.41) is 0. The van der Waals surface area contributed by atoms with Gasteiger partial charge < -0.3 is 9.47 Å². The molecule has 1 aromatic carbocycles. The molecule has 0 saturated heterocycles. The highest BCUT2D eigenvalue weighted by molar-refractivity contribution is 7.94. The molecule has 0 aliphatic heterocycles. The van der Waals surface area contributed by atoms with Crippen LogP contribution in [0.25, 0.3) is 0 Å². The molecule has 0 radical (unpaired) electrons. The first-order valence-electron chi connectivity index (χ1n) is 5.77. The molecule has 1 aromatic heterocycles. The van der Waals surface area contributed by atoms with Crippen molar-refractivity contribution in [1.82, 2.24) is 0 Å². The number of hydrogen-bond donors (Lipinski definition) is 1. The molecule has 0 saturated carbocycles. The zero-order valence-corrected chi connectivity index (χ0v) is 13.0. The predicted octanol–water partition coefficient (Wildman–Crippen LogP) is 2.87. The number of sulfonamides is 1. The Labute approximate surface area is 122 Å². The van der Waals surface area contributed by atoms with Gasteiger partial charge in [-0.2, -0.15) is 0 Å². The highest BCUT2D eigenvalue weighted by Crippen LogP contribution is 2.31. The summed E-state index contributed by atoms with van der Waals surface area (Å²) in [5.41, 5.74) is 0.374. The molecule has 5 nitrogen and oxygen atoms in total. The minimum Gasteiger partial charge on any atom is -0.497 e. The fraction of sp³-hybridized carbons (Fsp3) is 0.231. The van der Waals surface area contributed by atoms with Crippen molar-refractivity contribution >= 4 is 27.0 Å². The number of hydrogen-bond acceptors (Lipinski definition) is 5. The fourth-order valence-corrected chi connectivity index (χ4v) is 3.99. The van der Waals surface area contributed by atoms with E-state index in [0.717, 1.165) is 4.88 Å². The maximum Gasteiger partial charge on any atom is 0.271 e. The lowest BCUT2D eigenvalue weighted by Crippen LogP contribution is -2.12. The van der Waals surface area contributed by atoms with Crippen molar-refractivity contribution in [2.75, 3.05) is 18.9 Å². The summed E-state index contributed by atoms with van der Waals surface area (Å²) in [6.45, 7) is 1.86. The number of ether oxygens (including phenoxy) is 2. The maximum atomic E-state index is 12.3. The molecular weight excluding hydrogens is 298 g/mol. The van der Waals surface area contributed by atoms with Gasteiger partial charge in [-0.1, -0.05) is 0 Å². The summed E-state index contributed by atoms with van der Waals surface area (Å²) >= 11 is 1.22. The lowest BCUT2D eigenvalue weighted by molar-refractivity contribution is 0.395.